The molecule has 0 N–H and O–H groups in total. The van der Waals surface area contributed by atoms with Crippen molar-refractivity contribution in [1.29, 1.82) is 0 Å². The van der Waals surface area contributed by atoms with Gasteiger partial charge < -0.3 is 4.74 Å². The van der Waals surface area contributed by atoms with Gasteiger partial charge in [-0.15, -0.1) is 0 Å². The molecule has 0 saturated heterocycles. The van der Waals surface area contributed by atoms with Crippen LogP contribution < -0.4 is 0 Å². The average Bonchev–Trinajstić information content (AvgIpc) is 3.34. The lowest BCUT2D eigenvalue weighted by Gasteiger charge is -2.72. The number of allylic oxidation sites excluding steroid dienone is 2. The van der Waals surface area contributed by atoms with Crippen molar-refractivity contribution in [3.63, 3.8) is 0 Å². The molecule has 5 saturated carbocycles. The van der Waals surface area contributed by atoms with Crippen LogP contribution in [0.25, 0.3) is 6.08 Å². The van der Waals surface area contributed by atoms with Gasteiger partial charge in [0, 0.05) is 10.4 Å². The fraction of sp³-hybridized carbons (Fsp3) is 0.684. The number of fused-ring (bicyclic) bond motifs is 7. The Bertz CT molecular complexity index is 1340. The van der Waals surface area contributed by atoms with Crippen molar-refractivity contribution >= 4 is 29.4 Å². The van der Waals surface area contributed by atoms with Gasteiger partial charge in [0.15, 0.2) is 5.78 Å². The third-order valence-electron chi connectivity index (χ3n) is 14.5. The van der Waals surface area contributed by atoms with Crippen LogP contribution in [0.4, 0.5) is 0 Å². The molecule has 3 nitrogen and oxygen atoms in total. The Hall–Kier alpha value is -1.87. The van der Waals surface area contributed by atoms with Crippen molar-refractivity contribution in [1.82, 2.24) is 0 Å². The average molecular weight is 591 g/mol. The van der Waals surface area contributed by atoms with Gasteiger partial charge >= 0.3 is 5.97 Å². The van der Waals surface area contributed by atoms with E-state index in [9.17, 15) is 9.59 Å². The van der Waals surface area contributed by atoms with Crippen molar-refractivity contribution in [2.24, 2.45) is 56.7 Å². The van der Waals surface area contributed by atoms with Gasteiger partial charge in [0.2, 0.25) is 0 Å². The first kappa shape index (κ1) is 30.2. The van der Waals surface area contributed by atoms with Crippen LogP contribution in [0, 0.1) is 56.7 Å². The summed E-state index contributed by atoms with van der Waals surface area (Å²) in [6.45, 7) is 18.8. The van der Waals surface area contributed by atoms with Crippen LogP contribution in [0.2, 0.25) is 5.02 Å². The molecule has 5 fully saturated rings. The van der Waals surface area contributed by atoms with Gasteiger partial charge in [-0.25, -0.2) is 0 Å². The van der Waals surface area contributed by atoms with Crippen molar-refractivity contribution in [2.75, 3.05) is 7.11 Å². The Balaban J connectivity index is 1.41. The molecular weight excluding hydrogens is 540 g/mol. The number of halogens is 1. The second-order valence-corrected chi connectivity index (χ2v) is 16.7. The summed E-state index contributed by atoms with van der Waals surface area (Å²) in [4.78, 5) is 27.6. The summed E-state index contributed by atoms with van der Waals surface area (Å²) in [5, 5.41) is 0.715. The van der Waals surface area contributed by atoms with E-state index in [1.165, 1.54) is 12.0 Å². The zero-order chi connectivity index (χ0) is 30.5. The number of Topliss-reactive ketones (excluding diaryl/α,β-unsaturated/α-hetero) is 1. The number of ether oxygens (including phenoxy) is 1. The van der Waals surface area contributed by atoms with Crippen LogP contribution in [0.3, 0.4) is 0 Å². The fourth-order valence-electron chi connectivity index (χ4n) is 12.4. The molecule has 4 heteroatoms. The van der Waals surface area contributed by atoms with E-state index in [2.05, 4.69) is 54.2 Å². The Kier molecular flexibility index (Phi) is 7.05. The van der Waals surface area contributed by atoms with Crippen LogP contribution in [-0.4, -0.2) is 18.9 Å². The summed E-state index contributed by atoms with van der Waals surface area (Å²) in [6.07, 6.45) is 11.5. The molecule has 6 rings (SSSR count). The topological polar surface area (TPSA) is 43.4 Å². The van der Waals surface area contributed by atoms with E-state index in [1.807, 2.05) is 24.3 Å². The highest BCUT2D eigenvalue weighted by molar-refractivity contribution is 6.30. The SMILES string of the molecule is C=C(C)[C@@H]1CC[C@]2(C(=O)OC)CC[C@]3(C)[C@H](CC[C@@H]4[C@@]5(C)C/C(=C/c6ccc(Cl)cc6)C(=O)C(C)(C)C5CC[C@]43C)C12. The number of hydrogen-bond donors (Lipinski definition) is 0. The molecule has 9 atom stereocenters. The number of carbonyl (C=O) groups is 2. The van der Waals surface area contributed by atoms with Gasteiger partial charge in [-0.3, -0.25) is 9.59 Å². The smallest absolute Gasteiger partial charge is 0.312 e. The number of methoxy groups -OCH3 is 1. The number of benzene rings is 1. The number of carbonyl (C=O) groups excluding carboxylic acids is 2. The van der Waals surface area contributed by atoms with Crippen LogP contribution in [-0.2, 0) is 14.3 Å². The molecule has 228 valence electrons. The minimum Gasteiger partial charge on any atom is -0.469 e. The van der Waals surface area contributed by atoms with E-state index >= 15 is 0 Å². The Labute approximate surface area is 258 Å². The Morgan fingerprint density at radius 1 is 0.929 bits per heavy atom. The number of rotatable bonds is 3. The zero-order valence-corrected chi connectivity index (χ0v) is 27.7. The maximum absolute atomic E-state index is 14.1. The number of esters is 1. The molecule has 0 heterocycles. The van der Waals surface area contributed by atoms with Crippen molar-refractivity contribution < 1.29 is 14.3 Å². The molecule has 5 aliphatic rings. The van der Waals surface area contributed by atoms with Gasteiger partial charge in [0.25, 0.3) is 0 Å². The van der Waals surface area contributed by atoms with Gasteiger partial charge in [0.05, 0.1) is 12.5 Å². The molecule has 2 unspecified atom stereocenters. The first-order valence-electron chi connectivity index (χ1n) is 16.4. The van der Waals surface area contributed by atoms with Gasteiger partial charge in [0.1, 0.15) is 0 Å². The number of ketones is 1. The molecule has 0 radical (unpaired) electrons. The van der Waals surface area contributed by atoms with E-state index in [-0.39, 0.29) is 27.6 Å². The third kappa shape index (κ3) is 3.90. The molecule has 1 aromatic rings. The van der Waals surface area contributed by atoms with Crippen LogP contribution in [0.15, 0.2) is 42.0 Å². The monoisotopic (exact) mass is 590 g/mol. The molecule has 0 bridgehead atoms. The summed E-state index contributed by atoms with van der Waals surface area (Å²) in [5.74, 6) is 2.42. The molecule has 0 amide bonds. The Morgan fingerprint density at radius 3 is 2.26 bits per heavy atom. The van der Waals surface area contributed by atoms with Crippen LogP contribution in [0.5, 0.6) is 0 Å². The van der Waals surface area contributed by atoms with E-state index in [0.717, 1.165) is 62.5 Å². The lowest BCUT2D eigenvalue weighted by Crippen LogP contribution is -2.67. The molecule has 42 heavy (non-hydrogen) atoms. The minimum absolute atomic E-state index is 0.0192. The highest BCUT2D eigenvalue weighted by Crippen LogP contribution is 2.77. The molecule has 5 aliphatic carbocycles. The van der Waals surface area contributed by atoms with E-state index in [4.69, 9.17) is 16.3 Å². The van der Waals surface area contributed by atoms with Crippen molar-refractivity contribution in [3.8, 4) is 0 Å². The van der Waals surface area contributed by atoms with Gasteiger partial charge in [-0.1, -0.05) is 70.5 Å². The Morgan fingerprint density at radius 2 is 1.62 bits per heavy atom. The molecule has 0 spiro atoms. The van der Waals surface area contributed by atoms with Gasteiger partial charge in [-0.2, -0.15) is 0 Å². The highest BCUT2D eigenvalue weighted by atomic mass is 35.5. The quantitative estimate of drug-likeness (QED) is 0.200. The highest BCUT2D eigenvalue weighted by Gasteiger charge is 2.72. The molecular formula is C38H51ClO3. The summed E-state index contributed by atoms with van der Waals surface area (Å²) >= 11 is 6.18. The standard InChI is InChI=1S/C38H51ClO3/c1-23(2)27-15-18-38(33(41)42-8)20-19-36(6)28(31(27)38)13-14-30-35(5)22-25(21-24-9-11-26(39)12-10-24)32(40)34(3,4)29(35)16-17-37(30,36)7/h9-12,21,27-31H,1,13-20,22H2,2-8H3/b25-21-/t27-,28+,29?,30+,31?,35-,36+,37+,38-/m0/s1. The second kappa shape index (κ2) is 9.82. The molecule has 0 aliphatic heterocycles. The van der Waals surface area contributed by atoms with E-state index in [1.54, 1.807) is 7.11 Å². The minimum atomic E-state index is -0.395. The summed E-state index contributed by atoms with van der Waals surface area (Å²) in [7, 11) is 1.58. The first-order valence-corrected chi connectivity index (χ1v) is 16.8. The lowest BCUT2D eigenvalue weighted by molar-refractivity contribution is -0.232. The summed E-state index contributed by atoms with van der Waals surface area (Å²) < 4.78 is 5.54. The third-order valence-corrected chi connectivity index (χ3v) is 14.7. The van der Waals surface area contributed by atoms with Crippen LogP contribution in [0.1, 0.15) is 105 Å². The van der Waals surface area contributed by atoms with Gasteiger partial charge in [-0.05, 0) is 140 Å². The maximum atomic E-state index is 14.1. The van der Waals surface area contributed by atoms with Crippen molar-refractivity contribution in [3.05, 3.63) is 52.6 Å². The molecule has 0 aromatic heterocycles. The first-order chi connectivity index (χ1) is 19.7. The largest absolute Gasteiger partial charge is 0.469 e. The van der Waals surface area contributed by atoms with Crippen molar-refractivity contribution in [2.45, 2.75) is 99.3 Å². The summed E-state index contributed by atoms with van der Waals surface area (Å²) in [6, 6.07) is 7.87. The van der Waals surface area contributed by atoms with Crippen LogP contribution >= 0.6 is 11.6 Å². The van der Waals surface area contributed by atoms with E-state index in [0.29, 0.717) is 40.4 Å². The maximum Gasteiger partial charge on any atom is 0.312 e. The predicted octanol–water partition coefficient (Wildman–Crippen LogP) is 9.73. The number of hydrogen-bond acceptors (Lipinski definition) is 3. The zero-order valence-electron chi connectivity index (χ0n) is 26.9. The lowest BCUT2D eigenvalue weighted by atomic mass is 9.32. The normalized spacial score (nSPS) is 44.9. The van der Waals surface area contributed by atoms with E-state index < -0.39 is 5.41 Å². The predicted molar refractivity (Wildman–Crippen MR) is 171 cm³/mol. The second-order valence-electron chi connectivity index (χ2n) is 16.3. The fourth-order valence-corrected chi connectivity index (χ4v) is 12.6. The molecule has 1 aromatic carbocycles. The summed E-state index contributed by atoms with van der Waals surface area (Å²) in [5.41, 5.74) is 2.83.